The standard InChI is InChI=1S/C17H17N3O3/c1-21-15-10-7-8-12(11-6-4-5-9-19-11)20-14(10)16(22-2)13(18)17(15)23-3/h4-9H,18H2,1-3H3. The van der Waals surface area contributed by atoms with Gasteiger partial charge in [0, 0.05) is 6.20 Å². The summed E-state index contributed by atoms with van der Waals surface area (Å²) < 4.78 is 16.3. The lowest BCUT2D eigenvalue weighted by atomic mass is 10.1. The van der Waals surface area contributed by atoms with Crippen molar-refractivity contribution in [1.82, 2.24) is 9.97 Å². The van der Waals surface area contributed by atoms with Crippen LogP contribution in [0.5, 0.6) is 17.2 Å². The van der Waals surface area contributed by atoms with Crippen LogP contribution in [-0.2, 0) is 0 Å². The minimum atomic E-state index is 0.352. The Bertz CT molecular complexity index is 851. The highest BCUT2D eigenvalue weighted by Gasteiger charge is 2.21. The SMILES string of the molecule is COc1c(N)c(OC)c2nc(-c3ccccn3)ccc2c1OC. The fraction of sp³-hybridized carbons (Fsp3) is 0.176. The second kappa shape index (κ2) is 6.00. The van der Waals surface area contributed by atoms with Crippen molar-refractivity contribution < 1.29 is 14.2 Å². The van der Waals surface area contributed by atoms with Gasteiger partial charge in [0.2, 0.25) is 0 Å². The van der Waals surface area contributed by atoms with Crippen LogP contribution in [0.25, 0.3) is 22.3 Å². The zero-order chi connectivity index (χ0) is 16.4. The van der Waals surface area contributed by atoms with E-state index in [0.29, 0.717) is 28.5 Å². The van der Waals surface area contributed by atoms with E-state index >= 15 is 0 Å². The zero-order valence-corrected chi connectivity index (χ0v) is 13.2. The number of anilines is 1. The summed E-state index contributed by atoms with van der Waals surface area (Å²) in [6, 6.07) is 9.44. The van der Waals surface area contributed by atoms with E-state index in [1.54, 1.807) is 20.4 Å². The van der Waals surface area contributed by atoms with Crippen LogP contribution in [0.2, 0.25) is 0 Å². The van der Waals surface area contributed by atoms with Crippen LogP contribution >= 0.6 is 0 Å². The Morgan fingerprint density at radius 1 is 0.826 bits per heavy atom. The van der Waals surface area contributed by atoms with E-state index in [1.165, 1.54) is 7.11 Å². The van der Waals surface area contributed by atoms with Gasteiger partial charge in [0.05, 0.1) is 38.1 Å². The van der Waals surface area contributed by atoms with Crippen molar-refractivity contribution in [3.8, 4) is 28.6 Å². The Morgan fingerprint density at radius 3 is 2.17 bits per heavy atom. The van der Waals surface area contributed by atoms with Gasteiger partial charge in [0.15, 0.2) is 17.2 Å². The van der Waals surface area contributed by atoms with Crippen molar-refractivity contribution in [2.75, 3.05) is 27.1 Å². The van der Waals surface area contributed by atoms with Crippen LogP contribution < -0.4 is 19.9 Å². The highest BCUT2D eigenvalue weighted by Crippen LogP contribution is 2.47. The quantitative estimate of drug-likeness (QED) is 0.746. The Balaban J connectivity index is 2.34. The topological polar surface area (TPSA) is 79.5 Å². The van der Waals surface area contributed by atoms with Gasteiger partial charge in [-0.15, -0.1) is 0 Å². The van der Waals surface area contributed by atoms with E-state index in [9.17, 15) is 0 Å². The lowest BCUT2D eigenvalue weighted by Gasteiger charge is -2.17. The van der Waals surface area contributed by atoms with Gasteiger partial charge in [-0.1, -0.05) is 6.07 Å². The molecule has 0 aliphatic heterocycles. The van der Waals surface area contributed by atoms with Crippen LogP contribution in [0.3, 0.4) is 0 Å². The summed E-state index contributed by atoms with van der Waals surface area (Å²) in [5.74, 6) is 1.42. The molecular formula is C17H17N3O3. The van der Waals surface area contributed by atoms with Crippen LogP contribution in [0.4, 0.5) is 5.69 Å². The molecule has 3 aromatic rings. The molecular weight excluding hydrogens is 294 g/mol. The first kappa shape index (κ1) is 14.9. The molecule has 0 amide bonds. The number of ether oxygens (including phenoxy) is 3. The molecule has 0 aliphatic carbocycles. The fourth-order valence-electron chi connectivity index (χ4n) is 2.56. The van der Waals surface area contributed by atoms with Crippen molar-refractivity contribution >= 4 is 16.6 Å². The predicted octanol–water partition coefficient (Wildman–Crippen LogP) is 2.90. The van der Waals surface area contributed by atoms with Gasteiger partial charge in [-0.05, 0) is 24.3 Å². The lowest BCUT2D eigenvalue weighted by molar-refractivity contribution is 0.356. The number of nitrogens with two attached hydrogens (primary N) is 1. The molecule has 0 saturated carbocycles. The zero-order valence-electron chi connectivity index (χ0n) is 13.2. The average Bonchev–Trinajstić information content (AvgIpc) is 2.61. The molecule has 23 heavy (non-hydrogen) atoms. The van der Waals surface area contributed by atoms with Gasteiger partial charge in [0.1, 0.15) is 11.2 Å². The highest BCUT2D eigenvalue weighted by molar-refractivity contribution is 5.99. The van der Waals surface area contributed by atoms with Crippen molar-refractivity contribution in [1.29, 1.82) is 0 Å². The average molecular weight is 311 g/mol. The van der Waals surface area contributed by atoms with Gasteiger partial charge in [0.25, 0.3) is 0 Å². The number of fused-ring (bicyclic) bond motifs is 1. The molecule has 118 valence electrons. The van der Waals surface area contributed by atoms with Gasteiger partial charge in [-0.25, -0.2) is 4.98 Å². The monoisotopic (exact) mass is 311 g/mol. The summed E-state index contributed by atoms with van der Waals surface area (Å²) in [7, 11) is 4.65. The molecule has 0 bridgehead atoms. The second-order valence-electron chi connectivity index (χ2n) is 4.82. The van der Waals surface area contributed by atoms with Crippen LogP contribution in [-0.4, -0.2) is 31.3 Å². The smallest absolute Gasteiger partial charge is 0.188 e. The molecule has 2 aromatic heterocycles. The number of nitrogens with zero attached hydrogens (tertiary/aromatic N) is 2. The van der Waals surface area contributed by atoms with Gasteiger partial charge in [-0.3, -0.25) is 4.98 Å². The van der Waals surface area contributed by atoms with Gasteiger partial charge >= 0.3 is 0 Å². The van der Waals surface area contributed by atoms with E-state index in [-0.39, 0.29) is 0 Å². The number of hydrogen-bond donors (Lipinski definition) is 1. The molecule has 2 heterocycles. The molecule has 6 nitrogen and oxygen atoms in total. The first-order valence-corrected chi connectivity index (χ1v) is 7.00. The first-order valence-electron chi connectivity index (χ1n) is 7.00. The number of rotatable bonds is 4. The fourth-order valence-corrected chi connectivity index (χ4v) is 2.56. The summed E-state index contributed by atoms with van der Waals surface area (Å²) in [4.78, 5) is 8.98. The summed E-state index contributed by atoms with van der Waals surface area (Å²) in [5, 5.41) is 0.759. The number of nitrogen functional groups attached to an aromatic ring is 1. The Morgan fingerprint density at radius 2 is 1.57 bits per heavy atom. The largest absolute Gasteiger partial charge is 0.492 e. The summed E-state index contributed by atoms with van der Waals surface area (Å²) in [5.41, 5.74) is 8.60. The third kappa shape index (κ3) is 2.38. The molecule has 3 rings (SSSR count). The minimum Gasteiger partial charge on any atom is -0.492 e. The van der Waals surface area contributed by atoms with E-state index in [2.05, 4.69) is 9.97 Å². The van der Waals surface area contributed by atoms with Crippen LogP contribution in [0, 0.1) is 0 Å². The minimum absolute atomic E-state index is 0.352. The van der Waals surface area contributed by atoms with Gasteiger partial charge < -0.3 is 19.9 Å². The predicted molar refractivity (Wildman–Crippen MR) is 89.0 cm³/mol. The van der Waals surface area contributed by atoms with E-state index in [0.717, 1.165) is 16.8 Å². The molecule has 0 atom stereocenters. The van der Waals surface area contributed by atoms with E-state index in [1.807, 2.05) is 30.3 Å². The molecule has 1 aromatic carbocycles. The number of aromatic nitrogens is 2. The number of pyridine rings is 2. The van der Waals surface area contributed by atoms with Crippen molar-refractivity contribution in [2.45, 2.75) is 0 Å². The molecule has 6 heteroatoms. The Kier molecular flexibility index (Phi) is 3.89. The third-order valence-corrected chi connectivity index (χ3v) is 3.59. The molecule has 0 saturated heterocycles. The summed E-state index contributed by atoms with van der Waals surface area (Å²) >= 11 is 0. The van der Waals surface area contributed by atoms with Crippen molar-refractivity contribution in [2.24, 2.45) is 0 Å². The van der Waals surface area contributed by atoms with Gasteiger partial charge in [-0.2, -0.15) is 0 Å². The Hall–Kier alpha value is -3.02. The molecule has 0 unspecified atom stereocenters. The summed E-state index contributed by atoms with van der Waals surface area (Å²) in [6.45, 7) is 0. The number of benzene rings is 1. The van der Waals surface area contributed by atoms with Crippen LogP contribution in [0.15, 0.2) is 36.5 Å². The first-order chi connectivity index (χ1) is 11.2. The number of methoxy groups -OCH3 is 3. The highest BCUT2D eigenvalue weighted by atomic mass is 16.5. The second-order valence-corrected chi connectivity index (χ2v) is 4.82. The number of hydrogen-bond acceptors (Lipinski definition) is 6. The molecule has 2 N–H and O–H groups in total. The summed E-state index contributed by atoms with van der Waals surface area (Å²) in [6.07, 6.45) is 1.72. The lowest BCUT2D eigenvalue weighted by Crippen LogP contribution is -2.02. The molecule has 0 radical (unpaired) electrons. The normalized spacial score (nSPS) is 10.6. The van der Waals surface area contributed by atoms with Crippen LogP contribution in [0.1, 0.15) is 0 Å². The maximum absolute atomic E-state index is 6.15. The molecule has 0 fully saturated rings. The van der Waals surface area contributed by atoms with E-state index in [4.69, 9.17) is 19.9 Å². The van der Waals surface area contributed by atoms with Crippen molar-refractivity contribution in [3.05, 3.63) is 36.5 Å². The Labute approximate surface area is 133 Å². The van der Waals surface area contributed by atoms with E-state index < -0.39 is 0 Å². The maximum Gasteiger partial charge on any atom is 0.188 e. The van der Waals surface area contributed by atoms with Crippen molar-refractivity contribution in [3.63, 3.8) is 0 Å². The maximum atomic E-state index is 6.15. The molecule has 0 spiro atoms. The third-order valence-electron chi connectivity index (χ3n) is 3.59. The molecule has 0 aliphatic rings.